The van der Waals surface area contributed by atoms with Gasteiger partial charge in [-0.1, -0.05) is 303 Å². The molecule has 0 fully saturated rings. The fourth-order valence-electron chi connectivity index (χ4n) is 10.5. The Morgan fingerprint density at radius 2 is 0.472 bits per heavy atom. The van der Waals surface area contributed by atoms with Crippen molar-refractivity contribution >= 4 is 126 Å². The van der Waals surface area contributed by atoms with Gasteiger partial charge in [-0.3, -0.25) is 0 Å². The zero-order valence-corrected chi connectivity index (χ0v) is 94.8. The topological polar surface area (TPSA) is 133 Å². The zero-order valence-electron chi connectivity index (χ0n) is 73.7. The molecule has 643 valence electrons. The Balaban J connectivity index is -0.000000655. The van der Waals surface area contributed by atoms with Gasteiger partial charge in [-0.2, -0.15) is 5.19 Å². The second-order valence-electron chi connectivity index (χ2n) is 24.2. The first-order chi connectivity index (χ1) is 57.0. The average Bonchev–Trinajstić information content (AvgIpc) is 0.784. The SMILES string of the molecule is CCOCC.CCOCC.COCCOC.COCCOC.O=[Si-]c1ccccc1.O[Si](c1ccccc1)(c1ccccc1)c1ccccc1.O[Si](c1ccccc1)(c1ccccc1)c1ccccc1.O[Si](c1ccccc1)(c1ccccc1)c1ccccc1.[Br][Mo]([Br])([Br])#[C]c1ccccc1.[CH3-].[CH3-].[CH3-].[CH3-].[K+].[K+].[Mo+]#[C]c1ccccc1.[Mo]#[C]c1ccccc1. The molecule has 0 atom stereocenters. The second-order valence-corrected chi connectivity index (χ2v) is 70.6. The third kappa shape index (κ3) is 52.1. The van der Waals surface area contributed by atoms with Gasteiger partial charge >= 0.3 is 310 Å². The van der Waals surface area contributed by atoms with Gasteiger partial charge in [-0.15, -0.1) is 9.41 Å². The van der Waals surface area contributed by atoms with Crippen LogP contribution < -0.4 is 155 Å². The van der Waals surface area contributed by atoms with Crippen molar-refractivity contribution in [3.63, 3.8) is 0 Å². The summed E-state index contributed by atoms with van der Waals surface area (Å²) in [5, 5.41) is 9.99. The number of ether oxygens (including phenoxy) is 6. The molecule has 10 nitrogen and oxygen atoms in total. The minimum absolute atomic E-state index is 0. The molecule has 0 radical (unpaired) electrons. The summed E-state index contributed by atoms with van der Waals surface area (Å²) >= 11 is 14.3. The Labute approximate surface area is 873 Å². The Bertz CT molecular complexity index is 4130. The summed E-state index contributed by atoms with van der Waals surface area (Å²) in [6.07, 6.45) is 0. The fourth-order valence-corrected chi connectivity index (χ4v) is 24.9. The molecule has 0 saturated heterocycles. The number of hydrogen-bond acceptors (Lipinski definition) is 10. The van der Waals surface area contributed by atoms with Crippen LogP contribution in [0, 0.1) is 42.3 Å². The third-order valence-electron chi connectivity index (χ3n) is 16.2. The van der Waals surface area contributed by atoms with Crippen LogP contribution in [0.25, 0.3) is 0 Å². The molecule has 123 heavy (non-hydrogen) atoms. The van der Waals surface area contributed by atoms with E-state index in [9.17, 15) is 18.8 Å². The van der Waals surface area contributed by atoms with Crippen LogP contribution in [0.2, 0.25) is 0 Å². The number of hydrogen-bond donors (Lipinski definition) is 3. The summed E-state index contributed by atoms with van der Waals surface area (Å²) in [4.78, 5) is 34.7. The first-order valence-electron chi connectivity index (χ1n) is 37.8. The maximum absolute atomic E-state index is 11.6. The number of halogens is 3. The van der Waals surface area contributed by atoms with Crippen molar-refractivity contribution in [1.82, 2.24) is 0 Å². The van der Waals surface area contributed by atoms with Gasteiger partial charge in [0.05, 0.1) is 26.4 Å². The molecule has 0 unspecified atom stereocenters. The molecule has 13 rings (SSSR count). The van der Waals surface area contributed by atoms with Gasteiger partial charge in [0.2, 0.25) is 0 Å². The van der Waals surface area contributed by atoms with E-state index in [1.807, 2.05) is 460 Å². The quantitative estimate of drug-likeness (QED) is 0.0293. The van der Waals surface area contributed by atoms with Crippen molar-refractivity contribution in [1.29, 1.82) is 0 Å². The predicted octanol–water partition coefficient (Wildman–Crippen LogP) is 10.9. The standard InChI is InChI=1S/3C18H16OSi.3C7H5.C6H5OSi.2C4H10O2.2C4H10O.4CH3.3BrH.2K.3Mo/c3*19-20(16-10-4-1-5-11-16,17-12-6-2-7-13-17)18-14-8-3-9-15-18;3*1-7-5-3-2-4-6-7;7-8-6-4-2-1-3-5-6;2*1-5-3-4-6-2;2*1-3-5-4-2;;;;;;;;;;;;/h3*1-15,19H;3*2-6H;1-5H;2*3-4H2,1-2H3;2*3-4H2,1-2H3;4*1H3;3*1H;;;;;/q;;;;;;-1;;;;;4*-1;;;;2*+1;;+1;+3/p-3. The molecule has 0 bridgehead atoms. The first-order valence-corrected chi connectivity index (χ1v) is 61.3. The summed E-state index contributed by atoms with van der Waals surface area (Å²) in [6.45, 7) is 14.1. The van der Waals surface area contributed by atoms with E-state index < -0.39 is 34.2 Å². The van der Waals surface area contributed by atoms with Crippen molar-refractivity contribution in [2.24, 2.45) is 0 Å². The van der Waals surface area contributed by atoms with Crippen LogP contribution in [0.3, 0.4) is 0 Å². The molecule has 0 aliphatic carbocycles. The van der Waals surface area contributed by atoms with Crippen LogP contribution in [0.5, 0.6) is 0 Å². The molecule has 3 N–H and O–H groups in total. The van der Waals surface area contributed by atoms with Crippen LogP contribution in [-0.4, -0.2) is 130 Å². The molecule has 0 heterocycles. The van der Waals surface area contributed by atoms with E-state index in [0.29, 0.717) is 26.4 Å². The molecule has 0 saturated carbocycles. The van der Waals surface area contributed by atoms with E-state index in [-0.39, 0.29) is 142 Å². The van der Waals surface area contributed by atoms with Crippen LogP contribution >= 0.6 is 39.9 Å². The summed E-state index contributed by atoms with van der Waals surface area (Å²) in [7, 11) is -4.54. The van der Waals surface area contributed by atoms with Crippen LogP contribution in [0.4, 0.5) is 0 Å². The Kier molecular flexibility index (Phi) is 82.1. The number of methoxy groups -OCH3 is 4. The molecule has 0 spiro atoms. The number of benzene rings is 13. The van der Waals surface area contributed by atoms with Crippen molar-refractivity contribution in [3.05, 3.63) is 441 Å². The van der Waals surface area contributed by atoms with Gasteiger partial charge in [0.15, 0.2) is 0 Å². The molecule has 0 aliphatic heterocycles. The summed E-state index contributed by atoms with van der Waals surface area (Å²) in [6, 6.07) is 129. The Morgan fingerprint density at radius 3 is 0.585 bits per heavy atom. The minimum atomic E-state index is -2.88. The maximum atomic E-state index is 11.6. The molecular formula is C101H120Br3K2Mo3O10Si4-2. The Hall–Kier alpha value is -3.71. The summed E-state index contributed by atoms with van der Waals surface area (Å²) < 4.78 is 47.8. The van der Waals surface area contributed by atoms with Crippen molar-refractivity contribution < 1.29 is 198 Å². The Morgan fingerprint density at radius 1 is 0.309 bits per heavy atom. The molecular weight excluding hydrogens is 2090 g/mol. The molecule has 0 amide bonds. The molecule has 0 aliphatic rings. The monoisotopic (exact) mass is 2210 g/mol. The third-order valence-corrected chi connectivity index (χ3v) is 32.5. The van der Waals surface area contributed by atoms with E-state index in [2.05, 4.69) is 71.4 Å². The van der Waals surface area contributed by atoms with E-state index in [4.69, 9.17) is 9.47 Å². The van der Waals surface area contributed by atoms with E-state index >= 15 is 0 Å². The predicted molar refractivity (Wildman–Crippen MR) is 524 cm³/mol. The van der Waals surface area contributed by atoms with Gasteiger partial charge in [0, 0.05) is 54.9 Å². The molecule has 0 aromatic heterocycles. The van der Waals surface area contributed by atoms with Crippen LogP contribution in [0.1, 0.15) is 44.4 Å². The first kappa shape index (κ1) is 126. The van der Waals surface area contributed by atoms with Crippen molar-refractivity contribution in [2.75, 3.05) is 81.3 Å². The van der Waals surface area contributed by atoms with Gasteiger partial charge in [-0.05, 0) is 74.4 Å². The van der Waals surface area contributed by atoms with Crippen LogP contribution in [0.15, 0.2) is 394 Å². The van der Waals surface area contributed by atoms with E-state index in [1.165, 1.54) is 0 Å². The fraction of sp³-hybridized carbons (Fsp3) is 0.158. The second kappa shape index (κ2) is 80.4. The van der Waals surface area contributed by atoms with Gasteiger partial charge in [-0.25, -0.2) is 0 Å². The van der Waals surface area contributed by atoms with Gasteiger partial charge in [0.25, 0.3) is 25.0 Å². The molecule has 22 heteroatoms. The molecule has 13 aromatic carbocycles. The summed E-state index contributed by atoms with van der Waals surface area (Å²) in [5.41, 5.74) is 3.45. The zero-order chi connectivity index (χ0) is 85.2. The molecule has 13 aromatic rings. The van der Waals surface area contributed by atoms with E-state index in [1.54, 1.807) is 28.4 Å². The van der Waals surface area contributed by atoms with Gasteiger partial charge < -0.3 is 77.0 Å². The van der Waals surface area contributed by atoms with Gasteiger partial charge in [0.1, 0.15) is 0 Å². The van der Waals surface area contributed by atoms with Crippen molar-refractivity contribution in [3.8, 4) is 12.6 Å². The van der Waals surface area contributed by atoms with Crippen LogP contribution in [-0.2, 0) is 80.4 Å². The normalized spacial score (nSPS) is 9.59. The summed E-state index contributed by atoms with van der Waals surface area (Å²) in [5.74, 6) is 0. The number of rotatable bonds is 20. The van der Waals surface area contributed by atoms with Crippen molar-refractivity contribution in [2.45, 2.75) is 27.7 Å². The van der Waals surface area contributed by atoms with E-state index in [0.717, 1.165) is 95.0 Å². The average molecular weight is 2210 g/mol.